The Labute approximate surface area is 101 Å². The lowest BCUT2D eigenvalue weighted by atomic mass is 10.1. The molecule has 0 aromatic carbocycles. The van der Waals surface area contributed by atoms with Gasteiger partial charge in [-0.2, -0.15) is 0 Å². The first-order valence-corrected chi connectivity index (χ1v) is 6.20. The van der Waals surface area contributed by atoms with Crippen LogP contribution >= 0.6 is 0 Å². The maximum absolute atomic E-state index is 12.1. The molecule has 0 spiro atoms. The van der Waals surface area contributed by atoms with Crippen LogP contribution in [-0.4, -0.2) is 46.2 Å². The lowest BCUT2D eigenvalue weighted by Gasteiger charge is -2.30. The number of hydrogen-bond acceptors (Lipinski definition) is 3. The zero-order valence-corrected chi connectivity index (χ0v) is 10.4. The highest BCUT2D eigenvalue weighted by Crippen LogP contribution is 2.40. The molecular weight excluding hydrogens is 222 g/mol. The Hall–Kier alpha value is -1.10. The molecule has 0 aliphatic heterocycles. The normalized spacial score (nSPS) is 22.6. The summed E-state index contributed by atoms with van der Waals surface area (Å²) in [5.74, 6) is -1.89. The van der Waals surface area contributed by atoms with E-state index in [1.807, 2.05) is 13.8 Å². The quantitative estimate of drug-likeness (QED) is 0.690. The van der Waals surface area contributed by atoms with Gasteiger partial charge in [0.05, 0.1) is 18.4 Å². The molecule has 0 heterocycles. The number of rotatable bonds is 7. The minimum absolute atomic E-state index is 0.0767. The molecule has 98 valence electrons. The van der Waals surface area contributed by atoms with Gasteiger partial charge in [0.2, 0.25) is 5.91 Å². The number of carbonyl (C=O) groups excluding carboxylic acids is 1. The number of aliphatic carboxylic acids is 1. The Morgan fingerprint density at radius 3 is 2.24 bits per heavy atom. The number of hydrogen-bond donors (Lipinski definition) is 2. The summed E-state index contributed by atoms with van der Waals surface area (Å²) in [6, 6.07) is 0.102. The maximum Gasteiger partial charge on any atom is 0.307 e. The molecule has 1 fully saturated rings. The molecule has 0 aromatic rings. The maximum atomic E-state index is 12.1. The summed E-state index contributed by atoms with van der Waals surface area (Å²) in [5, 5.41) is 17.8. The number of aliphatic hydroxyl groups is 1. The largest absolute Gasteiger partial charge is 0.481 e. The van der Waals surface area contributed by atoms with Crippen LogP contribution in [0.4, 0.5) is 0 Å². The van der Waals surface area contributed by atoms with Gasteiger partial charge < -0.3 is 15.1 Å². The van der Waals surface area contributed by atoms with Crippen LogP contribution < -0.4 is 0 Å². The second kappa shape index (κ2) is 6.00. The van der Waals surface area contributed by atoms with Gasteiger partial charge in [-0.1, -0.05) is 13.8 Å². The van der Waals surface area contributed by atoms with Crippen molar-refractivity contribution in [2.75, 3.05) is 13.2 Å². The van der Waals surface area contributed by atoms with Crippen LogP contribution in [-0.2, 0) is 9.59 Å². The predicted octanol–water partition coefficient (Wildman–Crippen LogP) is 0.717. The first-order chi connectivity index (χ1) is 8.06. The van der Waals surface area contributed by atoms with Crippen molar-refractivity contribution in [3.05, 3.63) is 0 Å². The van der Waals surface area contributed by atoms with E-state index in [1.165, 1.54) is 0 Å². The van der Waals surface area contributed by atoms with Gasteiger partial charge in [0.15, 0.2) is 0 Å². The smallest absolute Gasteiger partial charge is 0.307 e. The van der Waals surface area contributed by atoms with Crippen LogP contribution in [0.25, 0.3) is 0 Å². The van der Waals surface area contributed by atoms with E-state index in [2.05, 4.69) is 0 Å². The van der Waals surface area contributed by atoms with Gasteiger partial charge in [-0.3, -0.25) is 9.59 Å². The van der Waals surface area contributed by atoms with Crippen LogP contribution in [0.1, 0.15) is 33.1 Å². The molecular formula is C12H21NO4. The van der Waals surface area contributed by atoms with Gasteiger partial charge in [-0.05, 0) is 19.3 Å². The average Bonchev–Trinajstić information content (AvgIpc) is 3.08. The van der Waals surface area contributed by atoms with Gasteiger partial charge in [0.1, 0.15) is 0 Å². The molecule has 1 aliphatic rings. The van der Waals surface area contributed by atoms with Crippen molar-refractivity contribution in [1.29, 1.82) is 0 Å². The van der Waals surface area contributed by atoms with Crippen molar-refractivity contribution >= 4 is 11.9 Å². The summed E-state index contributed by atoms with van der Waals surface area (Å²) < 4.78 is 0. The topological polar surface area (TPSA) is 77.8 Å². The van der Waals surface area contributed by atoms with Crippen molar-refractivity contribution in [2.24, 2.45) is 11.8 Å². The van der Waals surface area contributed by atoms with E-state index in [4.69, 9.17) is 10.2 Å². The summed E-state index contributed by atoms with van der Waals surface area (Å²) in [7, 11) is 0. The van der Waals surface area contributed by atoms with E-state index in [-0.39, 0.29) is 24.5 Å². The Morgan fingerprint density at radius 1 is 1.29 bits per heavy atom. The number of aliphatic hydroxyl groups excluding tert-OH is 1. The Morgan fingerprint density at radius 2 is 1.88 bits per heavy atom. The molecule has 0 bridgehead atoms. The van der Waals surface area contributed by atoms with Crippen molar-refractivity contribution in [3.8, 4) is 0 Å². The van der Waals surface area contributed by atoms with Crippen molar-refractivity contribution in [1.82, 2.24) is 4.90 Å². The third-order valence-corrected chi connectivity index (χ3v) is 3.43. The third kappa shape index (κ3) is 3.19. The number of carbonyl (C=O) groups is 2. The van der Waals surface area contributed by atoms with E-state index >= 15 is 0 Å². The fourth-order valence-electron chi connectivity index (χ4n) is 2.26. The van der Waals surface area contributed by atoms with Gasteiger partial charge >= 0.3 is 5.97 Å². The van der Waals surface area contributed by atoms with Crippen molar-refractivity contribution in [2.45, 2.75) is 39.2 Å². The zero-order valence-electron chi connectivity index (χ0n) is 10.4. The average molecular weight is 243 g/mol. The molecule has 2 unspecified atom stereocenters. The van der Waals surface area contributed by atoms with Gasteiger partial charge in [0, 0.05) is 12.6 Å². The molecule has 5 nitrogen and oxygen atoms in total. The van der Waals surface area contributed by atoms with Gasteiger partial charge in [-0.15, -0.1) is 0 Å². The molecule has 2 atom stereocenters. The van der Waals surface area contributed by atoms with Gasteiger partial charge in [0.25, 0.3) is 0 Å². The second-order valence-electron chi connectivity index (χ2n) is 4.51. The van der Waals surface area contributed by atoms with E-state index in [1.54, 1.807) is 4.90 Å². The number of amides is 1. The highest BCUT2D eigenvalue weighted by Gasteiger charge is 2.50. The molecule has 0 aromatic heterocycles. The van der Waals surface area contributed by atoms with Crippen molar-refractivity contribution in [3.63, 3.8) is 0 Å². The lowest BCUT2D eigenvalue weighted by Crippen LogP contribution is -2.42. The molecule has 5 heteroatoms. The Bertz CT molecular complexity index is 288. The Balaban J connectivity index is 2.65. The molecule has 17 heavy (non-hydrogen) atoms. The molecule has 2 N–H and O–H groups in total. The summed E-state index contributed by atoms with van der Waals surface area (Å²) in [6.45, 7) is 4.21. The number of nitrogens with zero attached hydrogens (tertiary/aromatic N) is 1. The third-order valence-electron chi connectivity index (χ3n) is 3.43. The van der Waals surface area contributed by atoms with E-state index in [9.17, 15) is 9.59 Å². The lowest BCUT2D eigenvalue weighted by molar-refractivity contribution is -0.143. The van der Waals surface area contributed by atoms with Crippen molar-refractivity contribution < 1.29 is 19.8 Å². The van der Waals surface area contributed by atoms with Crippen LogP contribution in [0.5, 0.6) is 0 Å². The summed E-state index contributed by atoms with van der Waals surface area (Å²) >= 11 is 0. The second-order valence-corrected chi connectivity index (χ2v) is 4.51. The highest BCUT2D eigenvalue weighted by atomic mass is 16.4. The number of carboxylic acid groups (broad SMARTS) is 1. The Kier molecular flexibility index (Phi) is 4.93. The summed E-state index contributed by atoms with van der Waals surface area (Å²) in [4.78, 5) is 24.5. The predicted molar refractivity (Wildman–Crippen MR) is 62.4 cm³/mol. The van der Waals surface area contributed by atoms with Crippen LogP contribution in [0.15, 0.2) is 0 Å². The molecule has 1 saturated carbocycles. The van der Waals surface area contributed by atoms with E-state index in [0.29, 0.717) is 13.0 Å². The monoisotopic (exact) mass is 243 g/mol. The molecule has 0 radical (unpaired) electrons. The zero-order chi connectivity index (χ0) is 13.0. The standard InChI is InChI=1S/C12H21NO4/c1-3-8(4-2)13(5-6-14)11(15)9-7-10(9)12(16)17/h8-10,14H,3-7H2,1-2H3,(H,16,17). The molecule has 1 rings (SSSR count). The SMILES string of the molecule is CCC(CC)N(CCO)C(=O)C1CC1C(=O)O. The number of carboxylic acids is 1. The van der Waals surface area contributed by atoms with Crippen LogP contribution in [0, 0.1) is 11.8 Å². The first-order valence-electron chi connectivity index (χ1n) is 6.20. The highest BCUT2D eigenvalue weighted by molar-refractivity contribution is 5.89. The fourth-order valence-corrected chi connectivity index (χ4v) is 2.26. The molecule has 1 aliphatic carbocycles. The van der Waals surface area contributed by atoms with E-state index in [0.717, 1.165) is 12.8 Å². The van der Waals surface area contributed by atoms with Gasteiger partial charge in [-0.25, -0.2) is 0 Å². The summed E-state index contributed by atoms with van der Waals surface area (Å²) in [6.07, 6.45) is 2.09. The molecule has 1 amide bonds. The fraction of sp³-hybridized carbons (Fsp3) is 0.833. The molecule has 0 saturated heterocycles. The van der Waals surface area contributed by atoms with Crippen LogP contribution in [0.2, 0.25) is 0 Å². The summed E-state index contributed by atoms with van der Waals surface area (Å²) in [5.41, 5.74) is 0. The van der Waals surface area contributed by atoms with Crippen LogP contribution in [0.3, 0.4) is 0 Å². The minimum Gasteiger partial charge on any atom is -0.481 e. The first kappa shape index (κ1) is 14.0. The van der Waals surface area contributed by atoms with E-state index < -0.39 is 11.9 Å². The minimum atomic E-state index is -0.892.